The highest BCUT2D eigenvalue weighted by molar-refractivity contribution is 5.80. The summed E-state index contributed by atoms with van der Waals surface area (Å²) in [6, 6.07) is -1.03. The molecule has 1 fully saturated rings. The Morgan fingerprint density at radius 1 is 0.494 bits per heavy atom. The molecule has 470 valence electrons. The van der Waals surface area contributed by atoms with Crippen LogP contribution in [0.15, 0.2) is 72.9 Å². The normalized spacial score (nSPS) is 19.1. The van der Waals surface area contributed by atoms with Crippen LogP contribution in [-0.2, 0) is 23.8 Å². The minimum absolute atomic E-state index is 0.0960. The van der Waals surface area contributed by atoms with Gasteiger partial charge in [-0.2, -0.15) is 0 Å². The van der Waals surface area contributed by atoms with Gasteiger partial charge in [-0.3, -0.25) is 9.59 Å². The van der Waals surface area contributed by atoms with Crippen LogP contribution in [0.2, 0.25) is 0 Å². The standard InChI is InChI=1S/C70H125NO10/c1-4-7-10-13-16-19-22-24-26-27-28-29-30-31-32-33-34-35-36-38-39-42-45-48-51-54-57-63(74)69(78)71-61(62(73)56-53-50-47-44-41-21-18-15-12-9-6-3)60-79-70-68(67(77)66(76)64(59-72)80-70)81-65(75)58-55-52-49-46-43-40-37-25-23-20-17-14-11-8-5-2/h8,11,14,17,20,23-26,37,53,56,61-64,66-68,70,72-74,76-77H,4-7,9-10,12-13,15-16,18-19,21-22,27-36,38-52,54-55,57-60H2,1-3H3,(H,71,78)/b11-8+,17-14+,23-20+,26-24+,37-25-,56-53+. The maximum absolute atomic E-state index is 13.5. The number of nitrogens with one attached hydrogen (secondary N) is 1. The molecule has 0 radical (unpaired) electrons. The zero-order valence-corrected chi connectivity index (χ0v) is 52.1. The molecule has 1 heterocycles. The first-order chi connectivity index (χ1) is 39.7. The lowest BCUT2D eigenvalue weighted by atomic mass is 9.99. The molecule has 11 heteroatoms. The molecule has 0 aromatic carbocycles. The fraction of sp³-hybridized carbons (Fsp3) is 0.800. The van der Waals surface area contributed by atoms with E-state index in [0.717, 1.165) is 77.0 Å². The van der Waals surface area contributed by atoms with Crippen molar-refractivity contribution in [3.63, 3.8) is 0 Å². The zero-order chi connectivity index (χ0) is 58.9. The molecule has 0 aromatic heterocycles. The third kappa shape index (κ3) is 45.2. The van der Waals surface area contributed by atoms with Gasteiger partial charge in [-0.15, -0.1) is 0 Å². The van der Waals surface area contributed by atoms with Crippen molar-refractivity contribution < 1.29 is 49.3 Å². The van der Waals surface area contributed by atoms with Crippen molar-refractivity contribution in [2.75, 3.05) is 13.2 Å². The van der Waals surface area contributed by atoms with Crippen molar-refractivity contribution >= 4 is 11.9 Å². The number of allylic oxidation sites excluding steroid dienone is 11. The second-order valence-corrected chi connectivity index (χ2v) is 23.3. The number of hydrogen-bond acceptors (Lipinski definition) is 10. The minimum Gasteiger partial charge on any atom is -0.454 e. The first kappa shape index (κ1) is 76.1. The van der Waals surface area contributed by atoms with E-state index in [2.05, 4.69) is 56.5 Å². The smallest absolute Gasteiger partial charge is 0.306 e. The third-order valence-electron chi connectivity index (χ3n) is 15.7. The highest BCUT2D eigenvalue weighted by Gasteiger charge is 2.47. The Kier molecular flexibility index (Phi) is 54.1. The number of carbonyl (C=O) groups is 2. The number of esters is 1. The lowest BCUT2D eigenvalue weighted by Crippen LogP contribution is -2.61. The lowest BCUT2D eigenvalue weighted by Gasteiger charge is -2.41. The van der Waals surface area contributed by atoms with Crippen molar-refractivity contribution in [3.8, 4) is 0 Å². The maximum atomic E-state index is 13.5. The Morgan fingerprint density at radius 3 is 1.37 bits per heavy atom. The number of carbonyl (C=O) groups excluding carboxylic acids is 2. The van der Waals surface area contributed by atoms with E-state index in [1.165, 1.54) is 173 Å². The van der Waals surface area contributed by atoms with E-state index in [9.17, 15) is 35.1 Å². The predicted octanol–water partition coefficient (Wildman–Crippen LogP) is 16.7. The number of aliphatic hydroxyl groups is 5. The van der Waals surface area contributed by atoms with Gasteiger partial charge in [-0.25, -0.2) is 0 Å². The summed E-state index contributed by atoms with van der Waals surface area (Å²) in [6.45, 7) is 5.64. The Labute approximate surface area is 496 Å². The van der Waals surface area contributed by atoms with Gasteiger partial charge in [0.1, 0.15) is 24.4 Å². The molecular weight excluding hydrogens is 1010 g/mol. The zero-order valence-electron chi connectivity index (χ0n) is 52.1. The monoisotopic (exact) mass is 1140 g/mol. The molecule has 1 saturated heterocycles. The highest BCUT2D eigenvalue weighted by atomic mass is 16.7. The van der Waals surface area contributed by atoms with Gasteiger partial charge in [0.15, 0.2) is 12.4 Å². The van der Waals surface area contributed by atoms with Crippen LogP contribution in [-0.4, -0.2) is 99.6 Å². The Bertz CT molecular complexity index is 1590. The van der Waals surface area contributed by atoms with E-state index in [4.69, 9.17) is 14.2 Å². The molecule has 1 aliphatic heterocycles. The van der Waals surface area contributed by atoms with Gasteiger partial charge in [0, 0.05) is 6.42 Å². The van der Waals surface area contributed by atoms with E-state index < -0.39 is 67.4 Å². The van der Waals surface area contributed by atoms with Gasteiger partial charge in [0.05, 0.1) is 25.4 Å². The van der Waals surface area contributed by atoms with E-state index in [1.807, 2.05) is 36.5 Å². The molecular formula is C70H125NO10. The predicted molar refractivity (Wildman–Crippen MR) is 338 cm³/mol. The molecule has 0 saturated carbocycles. The number of rotatable bonds is 57. The summed E-state index contributed by atoms with van der Waals surface area (Å²) < 4.78 is 17.6. The Morgan fingerprint density at radius 2 is 0.901 bits per heavy atom. The number of hydrogen-bond donors (Lipinski definition) is 6. The first-order valence-corrected chi connectivity index (χ1v) is 33.8. The van der Waals surface area contributed by atoms with Crippen LogP contribution in [0, 0.1) is 0 Å². The van der Waals surface area contributed by atoms with Crippen LogP contribution in [0.4, 0.5) is 0 Å². The van der Waals surface area contributed by atoms with E-state index in [-0.39, 0.29) is 19.4 Å². The molecule has 0 bridgehead atoms. The van der Waals surface area contributed by atoms with Crippen molar-refractivity contribution in [3.05, 3.63) is 72.9 Å². The average molecular weight is 1140 g/mol. The molecule has 8 unspecified atom stereocenters. The maximum Gasteiger partial charge on any atom is 0.306 e. The molecule has 11 nitrogen and oxygen atoms in total. The number of amides is 1. The second-order valence-electron chi connectivity index (χ2n) is 23.3. The Balaban J connectivity index is 2.56. The fourth-order valence-electron chi connectivity index (χ4n) is 10.4. The molecule has 8 atom stereocenters. The van der Waals surface area contributed by atoms with Gasteiger partial charge < -0.3 is 45.1 Å². The van der Waals surface area contributed by atoms with E-state index in [1.54, 1.807) is 6.08 Å². The molecule has 1 aliphatic rings. The Hall–Kier alpha value is -2.90. The van der Waals surface area contributed by atoms with Crippen LogP contribution >= 0.6 is 0 Å². The highest BCUT2D eigenvalue weighted by Crippen LogP contribution is 2.26. The number of aliphatic hydroxyl groups excluding tert-OH is 5. The van der Waals surface area contributed by atoms with Gasteiger partial charge in [0.2, 0.25) is 5.91 Å². The van der Waals surface area contributed by atoms with Crippen LogP contribution in [0.25, 0.3) is 0 Å². The second kappa shape index (κ2) is 57.5. The van der Waals surface area contributed by atoms with Gasteiger partial charge >= 0.3 is 5.97 Å². The molecule has 81 heavy (non-hydrogen) atoms. The summed E-state index contributed by atoms with van der Waals surface area (Å²) in [5, 5.41) is 57.0. The van der Waals surface area contributed by atoms with Gasteiger partial charge in [0.25, 0.3) is 0 Å². The van der Waals surface area contributed by atoms with Crippen molar-refractivity contribution in [1.82, 2.24) is 5.32 Å². The van der Waals surface area contributed by atoms with Crippen LogP contribution in [0.3, 0.4) is 0 Å². The van der Waals surface area contributed by atoms with Crippen molar-refractivity contribution in [2.45, 2.75) is 346 Å². The summed E-state index contributed by atoms with van der Waals surface area (Å²) in [5.74, 6) is -1.21. The molecule has 1 amide bonds. The molecule has 1 rings (SSSR count). The summed E-state index contributed by atoms with van der Waals surface area (Å²) in [5.41, 5.74) is 0. The summed E-state index contributed by atoms with van der Waals surface area (Å²) in [4.78, 5) is 26.6. The molecule has 6 N–H and O–H groups in total. The molecule has 0 spiro atoms. The SMILES string of the molecule is CC/C=C/C=C/C=C/C=C\CCCCCCCC(=O)OC1C(OCC(NC(=O)C(O)CCCCCCCCCCCCCCCCCC/C=C/CCCCCCCC)C(O)/C=C/CCCCCCCCCCC)OC(CO)C(O)C1O. The van der Waals surface area contributed by atoms with Crippen molar-refractivity contribution in [1.29, 1.82) is 0 Å². The summed E-state index contributed by atoms with van der Waals surface area (Å²) >= 11 is 0. The first-order valence-electron chi connectivity index (χ1n) is 33.8. The number of unbranched alkanes of at least 4 members (excludes halogenated alkanes) is 36. The molecule has 0 aromatic rings. The van der Waals surface area contributed by atoms with E-state index in [0.29, 0.717) is 12.8 Å². The average Bonchev–Trinajstić information content (AvgIpc) is 3.50. The summed E-state index contributed by atoms with van der Waals surface area (Å²) in [7, 11) is 0. The fourth-order valence-corrected chi connectivity index (χ4v) is 10.4. The third-order valence-corrected chi connectivity index (χ3v) is 15.7. The van der Waals surface area contributed by atoms with Crippen LogP contribution in [0.1, 0.15) is 297 Å². The minimum atomic E-state index is -1.63. The topological polar surface area (TPSA) is 175 Å². The van der Waals surface area contributed by atoms with Gasteiger partial charge in [-0.05, 0) is 70.6 Å². The van der Waals surface area contributed by atoms with Gasteiger partial charge in [-0.1, -0.05) is 293 Å². The summed E-state index contributed by atoms with van der Waals surface area (Å²) in [6.07, 6.45) is 63.9. The van der Waals surface area contributed by atoms with Crippen LogP contribution in [0.5, 0.6) is 0 Å². The number of ether oxygens (including phenoxy) is 3. The van der Waals surface area contributed by atoms with E-state index >= 15 is 0 Å². The van der Waals surface area contributed by atoms with Crippen molar-refractivity contribution in [2.24, 2.45) is 0 Å². The quantitative estimate of drug-likeness (QED) is 0.0149. The van der Waals surface area contributed by atoms with Crippen LogP contribution < -0.4 is 5.32 Å². The molecule has 0 aliphatic carbocycles. The lowest BCUT2D eigenvalue weighted by molar-refractivity contribution is -0.305. The largest absolute Gasteiger partial charge is 0.454 e.